The molecule has 1 aliphatic heterocycles. The number of aromatic nitrogens is 1. The summed E-state index contributed by atoms with van der Waals surface area (Å²) < 4.78 is 15.9. The number of nitrogens with zero attached hydrogens (tertiary/aromatic N) is 2. The maximum absolute atomic E-state index is 13.5. The highest BCUT2D eigenvalue weighted by Crippen LogP contribution is 2.53. The van der Waals surface area contributed by atoms with Gasteiger partial charge in [0.1, 0.15) is 5.82 Å². The second-order valence-corrected chi connectivity index (χ2v) is 11.0. The van der Waals surface area contributed by atoms with E-state index >= 15 is 0 Å². The third-order valence-corrected chi connectivity index (χ3v) is 8.18. The van der Waals surface area contributed by atoms with Crippen LogP contribution < -0.4 is 5.32 Å². The molecule has 0 amide bonds. The van der Waals surface area contributed by atoms with Crippen LogP contribution in [0.25, 0.3) is 5.57 Å². The lowest BCUT2D eigenvalue weighted by atomic mass is 9.64. The summed E-state index contributed by atoms with van der Waals surface area (Å²) in [6.45, 7) is 10.4. The van der Waals surface area contributed by atoms with E-state index in [2.05, 4.69) is 53.5 Å². The first-order chi connectivity index (χ1) is 17.9. The van der Waals surface area contributed by atoms with Crippen molar-refractivity contribution >= 4 is 29.4 Å². The number of hydrogen-bond acceptors (Lipinski definition) is 5. The number of hydrogen-bond donors (Lipinski definition) is 2. The molecule has 2 heterocycles. The summed E-state index contributed by atoms with van der Waals surface area (Å²) in [5, 5.41) is 11.7. The molecule has 0 saturated carbocycles. The molecule has 1 atom stereocenters. The van der Waals surface area contributed by atoms with Crippen molar-refractivity contribution in [3.8, 4) is 0 Å². The number of anilines is 1. The summed E-state index contributed by atoms with van der Waals surface area (Å²) in [6.07, 6.45) is 5.14. The van der Waals surface area contributed by atoms with Crippen LogP contribution in [0.2, 0.25) is 0 Å². The van der Waals surface area contributed by atoms with Gasteiger partial charge in [0.2, 0.25) is 0 Å². The van der Waals surface area contributed by atoms with Crippen molar-refractivity contribution in [3.63, 3.8) is 0 Å². The molecule has 37 heavy (non-hydrogen) atoms. The highest BCUT2D eigenvalue weighted by Gasteiger charge is 2.45. The monoisotopic (exact) mass is 510 g/mol. The molecule has 188 valence electrons. The van der Waals surface area contributed by atoms with Gasteiger partial charge in [0.25, 0.3) is 0 Å². The van der Waals surface area contributed by atoms with Crippen molar-refractivity contribution in [2.24, 2.45) is 5.41 Å². The molecule has 4 nitrogen and oxygen atoms in total. The largest absolute Gasteiger partial charge is 0.355 e. The minimum Gasteiger partial charge on any atom is -0.355 e. The van der Waals surface area contributed by atoms with E-state index < -0.39 is 0 Å². The summed E-state index contributed by atoms with van der Waals surface area (Å²) >= 11 is 1.78. The van der Waals surface area contributed by atoms with E-state index in [0.717, 1.165) is 53.4 Å². The minimum atomic E-state index is -0.378. The van der Waals surface area contributed by atoms with Crippen LogP contribution in [0.15, 0.2) is 101 Å². The number of pyridine rings is 1. The molecule has 3 aromatic rings. The number of piperidine rings is 1. The highest BCUT2D eigenvalue weighted by atomic mass is 32.2. The van der Waals surface area contributed by atoms with Gasteiger partial charge in [-0.1, -0.05) is 30.4 Å². The zero-order chi connectivity index (χ0) is 26.0. The van der Waals surface area contributed by atoms with Crippen LogP contribution in [0.4, 0.5) is 10.1 Å². The normalized spacial score (nSPS) is 19.7. The van der Waals surface area contributed by atoms with E-state index in [4.69, 9.17) is 10.4 Å². The molecule has 1 fully saturated rings. The number of aryl methyl sites for hydroxylation is 2. The van der Waals surface area contributed by atoms with Gasteiger partial charge in [-0.2, -0.15) is 0 Å². The molecule has 1 unspecified atom stereocenters. The standard InChI is InChI=1S/C31H31FN4S/c1-21-6-4-8-28(16-21)37-36-15-14-25-17-30(35-27-12-10-26(32)11-13-27)24(19-33)18-31(25,20-36)23(3)29-9-5-7-22(2)34-29/h4-13,16-17,19,33,35H,3,14-15,18,20H2,1-2H3. The molecule has 0 spiro atoms. The van der Waals surface area contributed by atoms with Gasteiger partial charge >= 0.3 is 0 Å². The van der Waals surface area contributed by atoms with E-state index in [1.54, 1.807) is 24.1 Å². The topological polar surface area (TPSA) is 52.0 Å². The predicted octanol–water partition coefficient (Wildman–Crippen LogP) is 7.60. The number of allylic oxidation sites excluding steroid dienone is 2. The molecule has 2 aromatic carbocycles. The lowest BCUT2D eigenvalue weighted by Gasteiger charge is -2.48. The van der Waals surface area contributed by atoms with Crippen molar-refractivity contribution in [1.82, 2.24) is 9.29 Å². The summed E-state index contributed by atoms with van der Waals surface area (Å²) in [6, 6.07) is 21.0. The van der Waals surface area contributed by atoms with Crippen molar-refractivity contribution in [1.29, 1.82) is 5.41 Å². The summed E-state index contributed by atoms with van der Waals surface area (Å²) in [7, 11) is 0. The van der Waals surface area contributed by atoms with Gasteiger partial charge < -0.3 is 10.7 Å². The van der Waals surface area contributed by atoms with Crippen LogP contribution in [-0.2, 0) is 0 Å². The Morgan fingerprint density at radius 1 is 1.14 bits per heavy atom. The zero-order valence-corrected chi connectivity index (χ0v) is 22.0. The molecule has 1 saturated heterocycles. The first kappa shape index (κ1) is 25.2. The maximum atomic E-state index is 13.5. The number of nitrogens with one attached hydrogen (secondary N) is 2. The highest BCUT2D eigenvalue weighted by molar-refractivity contribution is 7.97. The lowest BCUT2D eigenvalue weighted by Crippen LogP contribution is -2.44. The number of halogens is 1. The average Bonchev–Trinajstić information content (AvgIpc) is 2.89. The van der Waals surface area contributed by atoms with Gasteiger partial charge in [0, 0.05) is 46.7 Å². The number of benzene rings is 2. The summed E-state index contributed by atoms with van der Waals surface area (Å²) in [4.78, 5) is 6.05. The van der Waals surface area contributed by atoms with E-state index in [0.29, 0.717) is 6.42 Å². The van der Waals surface area contributed by atoms with Gasteiger partial charge in [0.05, 0.1) is 5.69 Å². The van der Waals surface area contributed by atoms with Gasteiger partial charge in [-0.3, -0.25) is 4.98 Å². The Kier molecular flexibility index (Phi) is 7.13. The van der Waals surface area contributed by atoms with E-state index in [9.17, 15) is 4.39 Å². The molecule has 1 aliphatic carbocycles. The third kappa shape index (κ3) is 5.31. The van der Waals surface area contributed by atoms with Crippen LogP contribution in [-0.4, -0.2) is 28.6 Å². The Hall–Kier alpha value is -3.48. The van der Waals surface area contributed by atoms with Crippen molar-refractivity contribution in [3.05, 3.63) is 119 Å². The van der Waals surface area contributed by atoms with Crippen molar-refractivity contribution < 1.29 is 4.39 Å². The molecule has 6 heteroatoms. The van der Waals surface area contributed by atoms with Crippen LogP contribution in [0.3, 0.4) is 0 Å². The van der Waals surface area contributed by atoms with Crippen LogP contribution in [0.1, 0.15) is 29.8 Å². The Morgan fingerprint density at radius 3 is 2.65 bits per heavy atom. The first-order valence-electron chi connectivity index (χ1n) is 12.5. The van der Waals surface area contributed by atoms with E-state index in [1.807, 2.05) is 25.1 Å². The molecule has 0 bridgehead atoms. The summed E-state index contributed by atoms with van der Waals surface area (Å²) in [5.74, 6) is -0.270. The molecular formula is C31H31FN4S. The van der Waals surface area contributed by atoms with Gasteiger partial charge in [-0.15, -0.1) is 0 Å². The second-order valence-electron chi connectivity index (χ2n) is 9.81. The maximum Gasteiger partial charge on any atom is 0.123 e. The van der Waals surface area contributed by atoms with Gasteiger partial charge in [-0.25, -0.2) is 8.70 Å². The molecule has 5 rings (SSSR count). The van der Waals surface area contributed by atoms with Gasteiger partial charge in [-0.05, 0) is 110 Å². The SMILES string of the molecule is C=C(c1cccc(C)n1)C12CC(C=N)=C(Nc3ccc(F)cc3)C=C1CCN(Sc1cccc(C)c1)C2. The second kappa shape index (κ2) is 10.5. The fourth-order valence-electron chi connectivity index (χ4n) is 5.22. The predicted molar refractivity (Wildman–Crippen MR) is 152 cm³/mol. The van der Waals surface area contributed by atoms with Crippen molar-refractivity contribution in [2.75, 3.05) is 18.4 Å². The number of fused-ring (bicyclic) bond motifs is 1. The fraction of sp³-hybridized carbons (Fsp3) is 0.226. The van der Waals surface area contributed by atoms with Crippen molar-refractivity contribution in [2.45, 2.75) is 31.6 Å². The average molecular weight is 511 g/mol. The third-order valence-electron chi connectivity index (χ3n) is 7.14. The fourth-order valence-corrected chi connectivity index (χ4v) is 6.36. The van der Waals surface area contributed by atoms with E-state index in [-0.39, 0.29) is 11.2 Å². The Bertz CT molecular complexity index is 1410. The van der Waals surface area contributed by atoms with Crippen LogP contribution in [0, 0.1) is 30.5 Å². The Labute approximate surface area is 222 Å². The Balaban J connectivity index is 1.52. The van der Waals surface area contributed by atoms with E-state index in [1.165, 1.54) is 34.4 Å². The van der Waals surface area contributed by atoms with Crippen LogP contribution >= 0.6 is 11.9 Å². The zero-order valence-electron chi connectivity index (χ0n) is 21.2. The van der Waals surface area contributed by atoms with Crippen LogP contribution in [0.5, 0.6) is 0 Å². The Morgan fingerprint density at radius 2 is 1.92 bits per heavy atom. The molecule has 1 aromatic heterocycles. The van der Waals surface area contributed by atoms with Gasteiger partial charge in [0.15, 0.2) is 0 Å². The molecule has 2 aliphatic rings. The molecular weight excluding hydrogens is 479 g/mol. The number of rotatable bonds is 7. The molecule has 2 N–H and O–H groups in total. The summed E-state index contributed by atoms with van der Waals surface area (Å²) in [5.41, 5.74) is 7.57. The quantitative estimate of drug-likeness (QED) is 0.254. The smallest absolute Gasteiger partial charge is 0.123 e. The molecule has 0 radical (unpaired) electrons. The first-order valence-corrected chi connectivity index (χ1v) is 13.2. The lowest BCUT2D eigenvalue weighted by molar-refractivity contribution is 0.287. The minimum absolute atomic E-state index is 0.270.